The molecule has 0 atom stereocenters. The van der Waals surface area contributed by atoms with E-state index in [-0.39, 0.29) is 21.6 Å². The summed E-state index contributed by atoms with van der Waals surface area (Å²) in [4.78, 5) is 12.9. The third kappa shape index (κ3) is 3.89. The van der Waals surface area contributed by atoms with Gasteiger partial charge in [-0.15, -0.1) is 0 Å². The second kappa shape index (κ2) is 7.63. The summed E-state index contributed by atoms with van der Waals surface area (Å²) >= 11 is -0.313. The molecule has 0 spiro atoms. The molecule has 2 aromatic carbocycles. The van der Waals surface area contributed by atoms with Gasteiger partial charge in [0.15, 0.2) is 0 Å². The first kappa shape index (κ1) is 16.7. The van der Waals surface area contributed by atoms with Gasteiger partial charge in [-0.05, 0) is 0 Å². The fourth-order valence-corrected chi connectivity index (χ4v) is 4.58. The zero-order valence-corrected chi connectivity index (χ0v) is 15.6. The van der Waals surface area contributed by atoms with Gasteiger partial charge in [0.1, 0.15) is 0 Å². The summed E-state index contributed by atoms with van der Waals surface area (Å²) in [6.07, 6.45) is 3.30. The molecule has 0 bridgehead atoms. The molecule has 0 N–H and O–H groups in total. The van der Waals surface area contributed by atoms with Crippen LogP contribution in [0.1, 0.15) is 5.56 Å². The molecule has 0 amide bonds. The fourth-order valence-electron chi connectivity index (χ4n) is 2.48. The molecule has 0 unspecified atom stereocenters. The minimum absolute atomic E-state index is 0.244. The predicted octanol–water partition coefficient (Wildman–Crippen LogP) is 2.40. The van der Waals surface area contributed by atoms with Crippen LogP contribution in [-0.2, 0) is 6.61 Å². The maximum atomic E-state index is 13.0. The summed E-state index contributed by atoms with van der Waals surface area (Å²) in [5, 5.41) is 0.993. The Labute approximate surface area is 156 Å². The number of ether oxygens (including phenoxy) is 1. The van der Waals surface area contributed by atoms with Crippen LogP contribution in [0.3, 0.4) is 0 Å². The van der Waals surface area contributed by atoms with Gasteiger partial charge in [0, 0.05) is 0 Å². The van der Waals surface area contributed by atoms with Crippen LogP contribution < -0.4 is 13.6 Å². The van der Waals surface area contributed by atoms with Crippen molar-refractivity contribution < 1.29 is 9.13 Å². The second-order valence-corrected chi connectivity index (χ2v) is 8.04. The average molecular weight is 406 g/mol. The van der Waals surface area contributed by atoms with Crippen molar-refractivity contribution in [2.45, 2.75) is 6.61 Å². The summed E-state index contributed by atoms with van der Waals surface area (Å²) < 4.78 is 21.0. The Morgan fingerprint density at radius 3 is 2.69 bits per heavy atom. The van der Waals surface area contributed by atoms with E-state index >= 15 is 0 Å². The van der Waals surface area contributed by atoms with Crippen LogP contribution in [0.25, 0.3) is 11.0 Å². The van der Waals surface area contributed by atoms with Crippen molar-refractivity contribution in [1.82, 2.24) is 15.0 Å². The number of pyridine rings is 1. The normalized spacial score (nSPS) is 11.3. The first-order valence-corrected chi connectivity index (χ1v) is 9.90. The molecule has 4 rings (SSSR count). The molecule has 0 aliphatic rings. The molecule has 0 saturated heterocycles. The molecule has 2 aromatic heterocycles. The van der Waals surface area contributed by atoms with Crippen molar-refractivity contribution in [3.8, 4) is 5.75 Å². The van der Waals surface area contributed by atoms with E-state index in [1.54, 1.807) is 24.7 Å². The van der Waals surface area contributed by atoms with Crippen molar-refractivity contribution in [3.05, 3.63) is 84.6 Å². The Balaban J connectivity index is 1.51. The summed E-state index contributed by atoms with van der Waals surface area (Å²) in [6, 6.07) is 18.3. The Morgan fingerprint density at radius 2 is 1.81 bits per heavy atom. The molecule has 0 fully saturated rings. The Hall–Kier alpha value is -2.78. The monoisotopic (exact) mass is 406 g/mol. The van der Waals surface area contributed by atoms with Crippen LogP contribution in [-0.4, -0.2) is 30.7 Å². The van der Waals surface area contributed by atoms with Crippen molar-refractivity contribution >= 4 is 35.6 Å². The van der Waals surface area contributed by atoms with Gasteiger partial charge < -0.3 is 0 Å². The molecule has 127 valence electrons. The van der Waals surface area contributed by atoms with E-state index < -0.39 is 0 Å². The van der Waals surface area contributed by atoms with E-state index in [9.17, 15) is 4.39 Å². The molecule has 6 heteroatoms. The van der Waals surface area contributed by atoms with Gasteiger partial charge in [0.2, 0.25) is 0 Å². The number of rotatable bonds is 5. The summed E-state index contributed by atoms with van der Waals surface area (Å²) in [7, 11) is 0. The summed E-state index contributed by atoms with van der Waals surface area (Å²) in [5.41, 5.74) is 1.65. The van der Waals surface area contributed by atoms with Crippen LogP contribution in [0.15, 0.2) is 73.2 Å². The van der Waals surface area contributed by atoms with Crippen LogP contribution in [0.5, 0.6) is 5.75 Å². The van der Waals surface area contributed by atoms with Crippen LogP contribution in [0.2, 0.25) is 0 Å². The minimum atomic E-state index is -0.313. The van der Waals surface area contributed by atoms with Crippen LogP contribution >= 0.6 is 0 Å². The van der Waals surface area contributed by atoms with Gasteiger partial charge in [0.05, 0.1) is 0 Å². The average Bonchev–Trinajstić information content (AvgIpc) is 2.68. The van der Waals surface area contributed by atoms with E-state index in [2.05, 4.69) is 21.0 Å². The number of halogens is 1. The van der Waals surface area contributed by atoms with E-state index in [4.69, 9.17) is 4.74 Å². The van der Waals surface area contributed by atoms with Gasteiger partial charge in [-0.2, -0.15) is 0 Å². The molecule has 0 aliphatic carbocycles. The SMILES string of the molecule is Fc1ccc(COc2cccc([As]c3ncnc4ncccc34)c2)cc1. The van der Waals surface area contributed by atoms with Crippen LogP contribution in [0, 0.1) is 5.82 Å². The van der Waals surface area contributed by atoms with Gasteiger partial charge in [-0.1, -0.05) is 0 Å². The standard InChI is InChI=1S/C20H14AsFN3O/c22-16-8-6-14(7-9-16)12-26-17-4-1-3-15(11-17)21-19-18-5-2-10-23-20(18)25-13-24-19/h1-11,13H,12H2. The third-order valence-corrected chi connectivity index (χ3v) is 6.08. The fraction of sp³-hybridized carbons (Fsp3) is 0.0500. The van der Waals surface area contributed by atoms with Gasteiger partial charge >= 0.3 is 157 Å². The van der Waals surface area contributed by atoms with E-state index in [1.165, 1.54) is 16.5 Å². The second-order valence-electron chi connectivity index (χ2n) is 5.60. The van der Waals surface area contributed by atoms with Crippen LogP contribution in [0.4, 0.5) is 4.39 Å². The molecule has 4 aromatic rings. The molecule has 26 heavy (non-hydrogen) atoms. The predicted molar refractivity (Wildman–Crippen MR) is 99.5 cm³/mol. The van der Waals surface area contributed by atoms with Crippen molar-refractivity contribution in [2.75, 3.05) is 0 Å². The zero-order chi connectivity index (χ0) is 17.8. The molecule has 2 heterocycles. The first-order chi connectivity index (χ1) is 12.8. The topological polar surface area (TPSA) is 47.9 Å². The Morgan fingerprint density at radius 1 is 0.923 bits per heavy atom. The first-order valence-electron chi connectivity index (χ1n) is 8.03. The van der Waals surface area contributed by atoms with Gasteiger partial charge in [-0.3, -0.25) is 0 Å². The molecule has 0 aliphatic heterocycles. The van der Waals surface area contributed by atoms with E-state index in [0.717, 1.165) is 26.8 Å². The number of aromatic nitrogens is 3. The molecule has 4 nitrogen and oxygen atoms in total. The Kier molecular flexibility index (Phi) is 4.89. The molecular formula is C20H14AsFN3O. The molecular weight excluding hydrogens is 392 g/mol. The summed E-state index contributed by atoms with van der Waals surface area (Å²) in [5.74, 6) is 0.546. The van der Waals surface area contributed by atoms with Crippen molar-refractivity contribution in [3.63, 3.8) is 0 Å². The zero-order valence-electron chi connectivity index (χ0n) is 13.7. The number of nitrogens with zero attached hydrogens (tertiary/aromatic N) is 3. The maximum absolute atomic E-state index is 13.0. The van der Waals surface area contributed by atoms with Crippen molar-refractivity contribution in [2.24, 2.45) is 0 Å². The number of hydrogen-bond donors (Lipinski definition) is 0. The number of hydrogen-bond acceptors (Lipinski definition) is 4. The third-order valence-electron chi connectivity index (χ3n) is 3.76. The number of benzene rings is 2. The summed E-state index contributed by atoms with van der Waals surface area (Å²) in [6.45, 7) is 0.403. The Bertz CT molecular complexity index is 1040. The van der Waals surface area contributed by atoms with E-state index in [1.807, 2.05) is 30.3 Å². The molecule has 0 saturated carbocycles. The van der Waals surface area contributed by atoms with Crippen molar-refractivity contribution in [1.29, 1.82) is 0 Å². The molecule has 1 radical (unpaired) electrons. The quantitative estimate of drug-likeness (QED) is 0.478. The van der Waals surface area contributed by atoms with Gasteiger partial charge in [0.25, 0.3) is 0 Å². The number of fused-ring (bicyclic) bond motifs is 1. The van der Waals surface area contributed by atoms with E-state index in [0.29, 0.717) is 6.61 Å². The van der Waals surface area contributed by atoms with Gasteiger partial charge in [-0.25, -0.2) is 0 Å².